The molecule has 0 aliphatic rings. The summed E-state index contributed by atoms with van der Waals surface area (Å²) in [5, 5.41) is 19.2. The van der Waals surface area contributed by atoms with Crippen LogP contribution in [0.2, 0.25) is 0 Å². The molecule has 0 heterocycles. The highest BCUT2D eigenvalue weighted by Gasteiger charge is 2.27. The fourth-order valence-corrected chi connectivity index (χ4v) is 7.22. The Hall–Kier alpha value is -1.81. The minimum atomic E-state index is -4.64. The number of esters is 2. The third-order valence-corrected chi connectivity index (χ3v) is 11.0. The summed E-state index contributed by atoms with van der Waals surface area (Å²) in [6, 6.07) is 0. The highest BCUT2D eigenvalue weighted by atomic mass is 31.2. The van der Waals surface area contributed by atoms with E-state index in [4.69, 9.17) is 18.5 Å². The van der Waals surface area contributed by atoms with Crippen LogP contribution in [0.25, 0.3) is 0 Å². The summed E-state index contributed by atoms with van der Waals surface area (Å²) < 4.78 is 32.6. The van der Waals surface area contributed by atoms with Gasteiger partial charge in [-0.25, -0.2) is 4.57 Å². The molecular weight excluding hydrogens is 755 g/mol. The van der Waals surface area contributed by atoms with E-state index < -0.39 is 58.4 Å². The maximum atomic E-state index is 12.4. The van der Waals surface area contributed by atoms with Crippen LogP contribution in [0.5, 0.6) is 0 Å². The van der Waals surface area contributed by atoms with Crippen molar-refractivity contribution in [2.75, 3.05) is 26.4 Å². The Balaban J connectivity index is 3.89. The predicted molar refractivity (Wildman–Crippen MR) is 238 cm³/mol. The summed E-state index contributed by atoms with van der Waals surface area (Å²) in [4.78, 5) is 34.6. The molecule has 0 aliphatic heterocycles. The van der Waals surface area contributed by atoms with Gasteiger partial charge in [0.05, 0.1) is 26.4 Å². The molecule has 0 fully saturated rings. The van der Waals surface area contributed by atoms with Crippen LogP contribution in [0.1, 0.15) is 213 Å². The molecule has 0 aromatic heterocycles. The minimum Gasteiger partial charge on any atom is -0.457 e. The van der Waals surface area contributed by atoms with E-state index in [9.17, 15) is 29.3 Å². The molecule has 0 amide bonds. The molecule has 0 bridgehead atoms. The molecular formula is C47H87O10P. The van der Waals surface area contributed by atoms with Gasteiger partial charge in [-0.05, 0) is 70.6 Å². The van der Waals surface area contributed by atoms with Crippen molar-refractivity contribution in [2.45, 2.75) is 225 Å². The molecule has 3 atom stereocenters. The molecule has 0 spiro atoms. The van der Waals surface area contributed by atoms with Gasteiger partial charge in [0, 0.05) is 12.8 Å². The SMILES string of the molecule is CCCCC/C=C\C/C=C\CCCCCCCCCCCC(=O)OC(CO)COP(=O)(O)OCC(CO)OC(=O)CCCCCCC/C=C\CCCCCCCCC. The normalized spacial score (nSPS) is 14.1. The summed E-state index contributed by atoms with van der Waals surface area (Å²) in [6.07, 6.45) is 45.4. The zero-order valence-corrected chi connectivity index (χ0v) is 37.9. The number of ether oxygens (including phenoxy) is 2. The lowest BCUT2D eigenvalue weighted by Gasteiger charge is -2.20. The van der Waals surface area contributed by atoms with Gasteiger partial charge in [-0.15, -0.1) is 0 Å². The van der Waals surface area contributed by atoms with Gasteiger partial charge >= 0.3 is 19.8 Å². The third-order valence-electron chi connectivity index (χ3n) is 10.1. The Morgan fingerprint density at radius 1 is 0.466 bits per heavy atom. The molecule has 340 valence electrons. The van der Waals surface area contributed by atoms with Gasteiger partial charge in [-0.3, -0.25) is 18.6 Å². The first kappa shape index (κ1) is 56.2. The summed E-state index contributed by atoms with van der Waals surface area (Å²) in [5.74, 6) is -1.03. The number of hydrogen-bond acceptors (Lipinski definition) is 9. The summed E-state index contributed by atoms with van der Waals surface area (Å²) in [5.41, 5.74) is 0. The number of aliphatic hydroxyl groups excluding tert-OH is 2. The van der Waals surface area contributed by atoms with Crippen molar-refractivity contribution in [2.24, 2.45) is 0 Å². The predicted octanol–water partition coefficient (Wildman–Crippen LogP) is 12.7. The monoisotopic (exact) mass is 843 g/mol. The first-order chi connectivity index (χ1) is 28.3. The average Bonchev–Trinajstić information content (AvgIpc) is 3.21. The molecule has 58 heavy (non-hydrogen) atoms. The second-order valence-electron chi connectivity index (χ2n) is 15.7. The van der Waals surface area contributed by atoms with Crippen molar-refractivity contribution in [1.82, 2.24) is 0 Å². The van der Waals surface area contributed by atoms with E-state index in [1.165, 1.54) is 103 Å². The van der Waals surface area contributed by atoms with E-state index in [-0.39, 0.29) is 12.8 Å². The average molecular weight is 843 g/mol. The lowest BCUT2D eigenvalue weighted by Crippen LogP contribution is -2.28. The number of phosphoric ester groups is 1. The fourth-order valence-electron chi connectivity index (χ4n) is 6.43. The van der Waals surface area contributed by atoms with Gasteiger partial charge < -0.3 is 24.6 Å². The quantitative estimate of drug-likeness (QED) is 0.0234. The largest absolute Gasteiger partial charge is 0.472 e. The Morgan fingerprint density at radius 3 is 1.12 bits per heavy atom. The number of unbranched alkanes of at least 4 members (excludes halogenated alkanes) is 24. The van der Waals surface area contributed by atoms with Crippen LogP contribution in [0.15, 0.2) is 36.5 Å². The lowest BCUT2D eigenvalue weighted by molar-refractivity contribution is -0.153. The van der Waals surface area contributed by atoms with E-state index in [1.54, 1.807) is 0 Å². The van der Waals surface area contributed by atoms with Gasteiger partial charge in [0.1, 0.15) is 12.2 Å². The number of hydrogen-bond donors (Lipinski definition) is 3. The van der Waals surface area contributed by atoms with Gasteiger partial charge in [-0.1, -0.05) is 166 Å². The van der Waals surface area contributed by atoms with Crippen molar-refractivity contribution < 1.29 is 47.8 Å². The second-order valence-corrected chi connectivity index (χ2v) is 17.2. The number of allylic oxidation sites excluding steroid dienone is 6. The highest BCUT2D eigenvalue weighted by Crippen LogP contribution is 2.43. The summed E-state index contributed by atoms with van der Waals surface area (Å²) in [7, 11) is -4.64. The third kappa shape index (κ3) is 40.9. The van der Waals surface area contributed by atoms with Crippen LogP contribution >= 0.6 is 7.82 Å². The first-order valence-corrected chi connectivity index (χ1v) is 24.9. The standard InChI is InChI=1S/C47H87O10P/c1-3-5-7-9-11-13-15-17-19-21-22-23-25-27-29-31-33-35-37-39-47(51)57-45(41-49)43-55-58(52,53)54-42-44(40-48)56-46(50)38-36-34-32-30-28-26-24-20-18-16-14-12-10-8-6-4-2/h11,13,17,19-20,24,44-45,48-49H,3-10,12,14-16,18,21-23,25-43H2,1-2H3,(H,52,53)/b13-11-,19-17-,24-20-. The first-order valence-electron chi connectivity index (χ1n) is 23.4. The van der Waals surface area contributed by atoms with Gasteiger partial charge in [-0.2, -0.15) is 0 Å². The topological polar surface area (TPSA) is 149 Å². The van der Waals surface area contributed by atoms with E-state index in [0.29, 0.717) is 12.8 Å². The molecule has 3 N–H and O–H groups in total. The number of carbonyl (C=O) groups excluding carboxylic acids is 2. The molecule has 0 aromatic carbocycles. The lowest BCUT2D eigenvalue weighted by atomic mass is 10.1. The van der Waals surface area contributed by atoms with Crippen LogP contribution in [0.4, 0.5) is 0 Å². The number of rotatable bonds is 44. The van der Waals surface area contributed by atoms with Crippen LogP contribution in [0, 0.1) is 0 Å². The molecule has 0 saturated carbocycles. The molecule has 0 rings (SSSR count). The van der Waals surface area contributed by atoms with Crippen LogP contribution in [-0.4, -0.2) is 65.7 Å². The van der Waals surface area contributed by atoms with Crippen molar-refractivity contribution in [3.63, 3.8) is 0 Å². The Kier molecular flexibility index (Phi) is 41.9. The van der Waals surface area contributed by atoms with E-state index in [1.807, 2.05) is 0 Å². The molecule has 0 radical (unpaired) electrons. The number of phosphoric acid groups is 1. The number of aliphatic hydroxyl groups is 2. The molecule has 0 aromatic rings. The molecule has 11 heteroatoms. The summed E-state index contributed by atoms with van der Waals surface area (Å²) in [6.45, 7) is 2.19. The van der Waals surface area contributed by atoms with Crippen molar-refractivity contribution >= 4 is 19.8 Å². The van der Waals surface area contributed by atoms with E-state index in [0.717, 1.165) is 70.6 Å². The highest BCUT2D eigenvalue weighted by molar-refractivity contribution is 7.47. The maximum absolute atomic E-state index is 12.4. The summed E-state index contributed by atoms with van der Waals surface area (Å²) >= 11 is 0. The second kappa shape index (κ2) is 43.3. The zero-order valence-electron chi connectivity index (χ0n) is 37.0. The molecule has 0 saturated heterocycles. The Labute approximate surface area is 354 Å². The van der Waals surface area contributed by atoms with Gasteiger partial charge in [0.15, 0.2) is 0 Å². The molecule has 3 unspecified atom stereocenters. The van der Waals surface area contributed by atoms with Crippen molar-refractivity contribution in [1.29, 1.82) is 0 Å². The van der Waals surface area contributed by atoms with Crippen LogP contribution in [-0.2, 0) is 32.7 Å². The smallest absolute Gasteiger partial charge is 0.457 e. The van der Waals surface area contributed by atoms with E-state index >= 15 is 0 Å². The van der Waals surface area contributed by atoms with Crippen molar-refractivity contribution in [3.05, 3.63) is 36.5 Å². The van der Waals surface area contributed by atoms with Crippen LogP contribution < -0.4 is 0 Å². The minimum absolute atomic E-state index is 0.183. The fraction of sp³-hybridized carbons (Fsp3) is 0.830. The van der Waals surface area contributed by atoms with Gasteiger partial charge in [0.2, 0.25) is 0 Å². The molecule has 10 nitrogen and oxygen atoms in total. The van der Waals surface area contributed by atoms with E-state index in [2.05, 4.69) is 50.3 Å². The van der Waals surface area contributed by atoms with Crippen LogP contribution in [0.3, 0.4) is 0 Å². The molecule has 0 aliphatic carbocycles. The maximum Gasteiger partial charge on any atom is 0.472 e. The van der Waals surface area contributed by atoms with Gasteiger partial charge in [0.25, 0.3) is 0 Å². The Bertz CT molecular complexity index is 1060. The number of carbonyl (C=O) groups is 2. The van der Waals surface area contributed by atoms with Crippen molar-refractivity contribution in [3.8, 4) is 0 Å². The zero-order chi connectivity index (χ0) is 42.6. The Morgan fingerprint density at radius 2 is 0.759 bits per heavy atom.